The monoisotopic (exact) mass is 340 g/mol. The Morgan fingerprint density at radius 3 is 2.79 bits per heavy atom. The van der Waals surface area contributed by atoms with Gasteiger partial charge in [-0.3, -0.25) is 9.78 Å². The largest absolute Gasteiger partial charge is 0.466 e. The van der Waals surface area contributed by atoms with Gasteiger partial charge >= 0.3 is 0 Å². The second-order valence-corrected chi connectivity index (χ2v) is 6.78. The van der Waals surface area contributed by atoms with Gasteiger partial charge in [0.25, 0.3) is 5.91 Å². The third-order valence-corrected chi connectivity index (χ3v) is 4.80. The quantitative estimate of drug-likeness (QED) is 0.674. The highest BCUT2D eigenvalue weighted by atomic mass is 32.1. The van der Waals surface area contributed by atoms with Gasteiger partial charge in [-0.2, -0.15) is 0 Å². The second-order valence-electron chi connectivity index (χ2n) is 5.74. The van der Waals surface area contributed by atoms with Gasteiger partial charge in [0.1, 0.15) is 11.5 Å². The zero-order valence-corrected chi connectivity index (χ0v) is 14.7. The van der Waals surface area contributed by atoms with Crippen molar-refractivity contribution in [1.82, 2.24) is 9.88 Å². The standard InChI is InChI=1S/C19H20N2O2S/c1-14-11-18(15(2)23-14)19(22)21(9-7-17-6-4-10-24-17)13-16-5-3-8-20-12-16/h3-6,8,10-12H,7,9,13H2,1-2H3. The van der Waals surface area contributed by atoms with E-state index >= 15 is 0 Å². The molecular formula is C19H20N2O2S. The molecule has 0 radical (unpaired) electrons. The van der Waals surface area contributed by atoms with Gasteiger partial charge < -0.3 is 9.32 Å². The lowest BCUT2D eigenvalue weighted by molar-refractivity contribution is 0.0743. The number of aryl methyl sites for hydroxylation is 2. The molecular weight excluding hydrogens is 320 g/mol. The first-order valence-corrected chi connectivity index (χ1v) is 8.79. The van der Waals surface area contributed by atoms with Crippen LogP contribution in [0.5, 0.6) is 0 Å². The van der Waals surface area contributed by atoms with E-state index in [0.29, 0.717) is 24.4 Å². The number of amides is 1. The van der Waals surface area contributed by atoms with Gasteiger partial charge in [0.05, 0.1) is 5.56 Å². The number of carbonyl (C=O) groups is 1. The van der Waals surface area contributed by atoms with Crippen LogP contribution in [0.3, 0.4) is 0 Å². The SMILES string of the molecule is Cc1cc(C(=O)N(CCc2cccs2)Cc2cccnc2)c(C)o1. The van der Waals surface area contributed by atoms with Crippen LogP contribution in [0.1, 0.15) is 32.3 Å². The first kappa shape index (κ1) is 16.5. The van der Waals surface area contributed by atoms with Crippen molar-refractivity contribution in [3.63, 3.8) is 0 Å². The molecule has 0 aliphatic heterocycles. The zero-order chi connectivity index (χ0) is 16.9. The Morgan fingerprint density at radius 2 is 2.17 bits per heavy atom. The molecule has 3 rings (SSSR count). The highest BCUT2D eigenvalue weighted by Crippen LogP contribution is 2.18. The molecule has 0 aromatic carbocycles. The number of pyridine rings is 1. The molecule has 0 atom stereocenters. The maximum atomic E-state index is 13.0. The molecule has 3 heterocycles. The fraction of sp³-hybridized carbons (Fsp3) is 0.263. The van der Waals surface area contributed by atoms with Crippen LogP contribution in [-0.2, 0) is 13.0 Å². The van der Waals surface area contributed by atoms with Crippen molar-refractivity contribution in [2.45, 2.75) is 26.8 Å². The Labute approximate surface area is 145 Å². The van der Waals surface area contributed by atoms with Crippen molar-refractivity contribution >= 4 is 17.2 Å². The molecule has 0 aliphatic carbocycles. The Hall–Kier alpha value is -2.40. The van der Waals surface area contributed by atoms with E-state index in [1.54, 1.807) is 23.7 Å². The molecule has 1 amide bonds. The molecule has 0 aliphatic rings. The maximum Gasteiger partial charge on any atom is 0.257 e. The summed E-state index contributed by atoms with van der Waals surface area (Å²) in [7, 11) is 0. The summed E-state index contributed by atoms with van der Waals surface area (Å²) >= 11 is 1.72. The van der Waals surface area contributed by atoms with Crippen molar-refractivity contribution in [3.8, 4) is 0 Å². The van der Waals surface area contributed by atoms with Gasteiger partial charge in [0, 0.05) is 30.4 Å². The third kappa shape index (κ3) is 3.92. The predicted molar refractivity (Wildman–Crippen MR) is 95.2 cm³/mol. The van der Waals surface area contributed by atoms with E-state index in [4.69, 9.17) is 4.42 Å². The first-order chi connectivity index (χ1) is 11.6. The van der Waals surface area contributed by atoms with Crippen LogP contribution in [-0.4, -0.2) is 22.3 Å². The molecule has 24 heavy (non-hydrogen) atoms. The lowest BCUT2D eigenvalue weighted by atomic mass is 10.1. The number of carbonyl (C=O) groups excluding carboxylic acids is 1. The molecule has 0 saturated carbocycles. The molecule has 5 heteroatoms. The van der Waals surface area contributed by atoms with Crippen LogP contribution in [0.2, 0.25) is 0 Å². The molecule has 124 valence electrons. The van der Waals surface area contributed by atoms with Gasteiger partial charge in [-0.05, 0) is 49.4 Å². The van der Waals surface area contributed by atoms with Gasteiger partial charge in [-0.1, -0.05) is 12.1 Å². The van der Waals surface area contributed by atoms with E-state index in [0.717, 1.165) is 17.7 Å². The van der Waals surface area contributed by atoms with E-state index in [1.807, 2.05) is 43.0 Å². The van der Waals surface area contributed by atoms with Crippen molar-refractivity contribution in [1.29, 1.82) is 0 Å². The van der Waals surface area contributed by atoms with E-state index in [-0.39, 0.29) is 5.91 Å². The minimum absolute atomic E-state index is 0.00441. The van der Waals surface area contributed by atoms with Crippen LogP contribution in [0.4, 0.5) is 0 Å². The Morgan fingerprint density at radius 1 is 1.29 bits per heavy atom. The lowest BCUT2D eigenvalue weighted by Crippen LogP contribution is -2.32. The number of nitrogens with zero attached hydrogens (tertiary/aromatic N) is 2. The van der Waals surface area contributed by atoms with Crippen molar-refractivity contribution < 1.29 is 9.21 Å². The van der Waals surface area contributed by atoms with Crippen LogP contribution in [0.15, 0.2) is 52.5 Å². The summed E-state index contributed by atoms with van der Waals surface area (Å²) in [6, 6.07) is 9.84. The number of rotatable bonds is 6. The number of hydrogen-bond acceptors (Lipinski definition) is 4. The molecule has 0 fully saturated rings. The normalized spacial score (nSPS) is 10.8. The number of furan rings is 1. The minimum atomic E-state index is 0.00441. The Bertz CT molecular complexity index is 794. The molecule has 3 aromatic rings. The van der Waals surface area contributed by atoms with E-state index in [1.165, 1.54) is 4.88 Å². The van der Waals surface area contributed by atoms with Crippen LogP contribution >= 0.6 is 11.3 Å². The van der Waals surface area contributed by atoms with E-state index in [2.05, 4.69) is 16.4 Å². The maximum absolute atomic E-state index is 13.0. The fourth-order valence-electron chi connectivity index (χ4n) is 2.68. The highest BCUT2D eigenvalue weighted by molar-refractivity contribution is 7.09. The summed E-state index contributed by atoms with van der Waals surface area (Å²) in [4.78, 5) is 20.3. The van der Waals surface area contributed by atoms with Crippen molar-refractivity contribution in [3.05, 3.63) is 75.6 Å². The number of aromatic nitrogens is 1. The summed E-state index contributed by atoms with van der Waals surface area (Å²) in [6.07, 6.45) is 4.39. The zero-order valence-electron chi connectivity index (χ0n) is 13.9. The molecule has 0 N–H and O–H groups in total. The second kappa shape index (κ2) is 7.45. The minimum Gasteiger partial charge on any atom is -0.466 e. The van der Waals surface area contributed by atoms with Crippen LogP contribution in [0.25, 0.3) is 0 Å². The lowest BCUT2D eigenvalue weighted by Gasteiger charge is -2.22. The van der Waals surface area contributed by atoms with E-state index < -0.39 is 0 Å². The summed E-state index contributed by atoms with van der Waals surface area (Å²) in [6.45, 7) is 4.91. The highest BCUT2D eigenvalue weighted by Gasteiger charge is 2.21. The van der Waals surface area contributed by atoms with Crippen molar-refractivity contribution in [2.75, 3.05) is 6.54 Å². The Kier molecular flexibility index (Phi) is 5.11. The average molecular weight is 340 g/mol. The predicted octanol–water partition coefficient (Wildman–Crippen LogP) is 4.24. The molecule has 0 saturated heterocycles. The average Bonchev–Trinajstić information content (AvgIpc) is 3.21. The van der Waals surface area contributed by atoms with Gasteiger partial charge in [-0.25, -0.2) is 0 Å². The van der Waals surface area contributed by atoms with Gasteiger partial charge in [0.2, 0.25) is 0 Å². The third-order valence-electron chi connectivity index (χ3n) is 3.86. The number of hydrogen-bond donors (Lipinski definition) is 0. The summed E-state index contributed by atoms with van der Waals surface area (Å²) in [5.74, 6) is 1.44. The van der Waals surface area contributed by atoms with Crippen molar-refractivity contribution in [2.24, 2.45) is 0 Å². The Balaban J connectivity index is 1.80. The molecule has 0 spiro atoms. The molecule has 4 nitrogen and oxygen atoms in total. The van der Waals surface area contributed by atoms with E-state index in [9.17, 15) is 4.79 Å². The van der Waals surface area contributed by atoms with Crippen LogP contribution < -0.4 is 0 Å². The summed E-state index contributed by atoms with van der Waals surface area (Å²) < 4.78 is 5.53. The van der Waals surface area contributed by atoms with Crippen LogP contribution in [0, 0.1) is 13.8 Å². The van der Waals surface area contributed by atoms with Gasteiger partial charge in [0.15, 0.2) is 0 Å². The molecule has 0 unspecified atom stereocenters. The van der Waals surface area contributed by atoms with Gasteiger partial charge in [-0.15, -0.1) is 11.3 Å². The smallest absolute Gasteiger partial charge is 0.257 e. The first-order valence-electron chi connectivity index (χ1n) is 7.91. The topological polar surface area (TPSA) is 46.3 Å². The molecule has 3 aromatic heterocycles. The summed E-state index contributed by atoms with van der Waals surface area (Å²) in [5, 5.41) is 2.06. The number of thiophene rings is 1. The summed E-state index contributed by atoms with van der Waals surface area (Å²) in [5.41, 5.74) is 1.66. The molecule has 0 bridgehead atoms. The fourth-order valence-corrected chi connectivity index (χ4v) is 3.38.